The van der Waals surface area contributed by atoms with E-state index >= 15 is 0 Å². The van der Waals surface area contributed by atoms with Crippen LogP contribution in [-0.4, -0.2) is 48.2 Å². The van der Waals surface area contributed by atoms with Crippen LogP contribution in [0.25, 0.3) is 0 Å². The average molecular weight is 219 g/mol. The molecule has 2 atom stereocenters. The van der Waals surface area contributed by atoms with Crippen LogP contribution in [-0.2, 0) is 14.3 Å². The second kappa shape index (κ2) is 5.21. The molecule has 1 saturated heterocycles. The minimum Gasteiger partial charge on any atom is -0.481 e. The van der Waals surface area contributed by atoms with Crippen LogP contribution in [0.5, 0.6) is 0 Å². The lowest BCUT2D eigenvalue weighted by Crippen LogP contribution is -2.43. The Kier molecular flexibility index (Phi) is 4.21. The summed E-state index contributed by atoms with van der Waals surface area (Å²) in [5.74, 6) is -1.32. The van der Waals surface area contributed by atoms with Crippen molar-refractivity contribution >= 4 is 23.6 Å². The number of thioether (sulfide) groups is 1. The zero-order chi connectivity index (χ0) is 10.6. The third-order valence-corrected chi connectivity index (χ3v) is 2.57. The first-order chi connectivity index (χ1) is 6.65. The van der Waals surface area contributed by atoms with E-state index in [1.54, 1.807) is 0 Å². The molecule has 0 aromatic carbocycles. The molecular weight excluding hydrogens is 206 g/mol. The maximum atomic E-state index is 11.2. The molecule has 1 heterocycles. The summed E-state index contributed by atoms with van der Waals surface area (Å²) in [4.78, 5) is 21.9. The summed E-state index contributed by atoms with van der Waals surface area (Å²) >= 11 is 1.40. The Hall–Kier alpha value is -0.750. The molecular formula is C8H13NO4S. The van der Waals surface area contributed by atoms with E-state index in [4.69, 9.17) is 9.84 Å². The molecule has 0 aromatic heterocycles. The summed E-state index contributed by atoms with van der Waals surface area (Å²) in [7, 11) is 0. The summed E-state index contributed by atoms with van der Waals surface area (Å²) in [5, 5.41) is 11.4. The van der Waals surface area contributed by atoms with E-state index in [1.807, 2.05) is 6.26 Å². The number of rotatable bonds is 4. The molecule has 5 nitrogen and oxygen atoms in total. The first-order valence-electron chi connectivity index (χ1n) is 4.24. The minimum atomic E-state index is -0.919. The number of ether oxygens (including phenoxy) is 1. The van der Waals surface area contributed by atoms with Gasteiger partial charge in [0.1, 0.15) is 5.92 Å². The lowest BCUT2D eigenvalue weighted by atomic mass is 10.0. The van der Waals surface area contributed by atoms with Gasteiger partial charge in [-0.15, -0.1) is 0 Å². The van der Waals surface area contributed by atoms with Gasteiger partial charge in [-0.1, -0.05) is 0 Å². The van der Waals surface area contributed by atoms with E-state index in [0.29, 0.717) is 5.75 Å². The van der Waals surface area contributed by atoms with Gasteiger partial charge >= 0.3 is 5.97 Å². The molecule has 14 heavy (non-hydrogen) atoms. The Bertz CT molecular complexity index is 233. The second-order valence-electron chi connectivity index (χ2n) is 3.09. The Morgan fingerprint density at radius 2 is 2.29 bits per heavy atom. The van der Waals surface area contributed by atoms with E-state index in [0.717, 1.165) is 0 Å². The van der Waals surface area contributed by atoms with Crippen molar-refractivity contribution in [1.82, 2.24) is 5.32 Å². The molecule has 2 N–H and O–H groups in total. The van der Waals surface area contributed by atoms with Crippen LogP contribution in [0.15, 0.2) is 0 Å². The average Bonchev–Trinajstić information content (AvgIpc) is 2.52. The highest BCUT2D eigenvalue weighted by Gasteiger charge is 2.34. The van der Waals surface area contributed by atoms with Gasteiger partial charge in [-0.05, 0) is 6.26 Å². The Morgan fingerprint density at radius 1 is 1.57 bits per heavy atom. The number of aliphatic carboxylic acids is 1. The van der Waals surface area contributed by atoms with Crippen molar-refractivity contribution in [2.75, 3.05) is 25.2 Å². The summed E-state index contributed by atoms with van der Waals surface area (Å²) in [5.41, 5.74) is 0. The molecule has 0 saturated carbocycles. The molecule has 1 amide bonds. The normalized spacial score (nSPS) is 26.1. The monoisotopic (exact) mass is 219 g/mol. The molecule has 0 radical (unpaired) electrons. The van der Waals surface area contributed by atoms with Crippen LogP contribution in [0.2, 0.25) is 0 Å². The van der Waals surface area contributed by atoms with Gasteiger partial charge in [0.15, 0.2) is 0 Å². The van der Waals surface area contributed by atoms with Gasteiger partial charge < -0.3 is 15.2 Å². The van der Waals surface area contributed by atoms with Gasteiger partial charge in [-0.3, -0.25) is 9.59 Å². The number of carbonyl (C=O) groups excluding carboxylic acids is 1. The number of carboxylic acid groups (broad SMARTS) is 1. The van der Waals surface area contributed by atoms with Gasteiger partial charge in [0.05, 0.1) is 25.0 Å². The molecule has 0 bridgehead atoms. The van der Waals surface area contributed by atoms with Gasteiger partial charge in [-0.25, -0.2) is 0 Å². The predicted octanol–water partition coefficient (Wildman–Crippen LogP) is -0.435. The van der Waals surface area contributed by atoms with Crippen molar-refractivity contribution in [3.8, 4) is 0 Å². The molecule has 1 fully saturated rings. The van der Waals surface area contributed by atoms with Crippen LogP contribution in [0.4, 0.5) is 0 Å². The summed E-state index contributed by atoms with van der Waals surface area (Å²) in [6, 6.07) is -0.382. The molecule has 2 unspecified atom stereocenters. The summed E-state index contributed by atoms with van der Waals surface area (Å²) in [6.45, 7) is 0.469. The highest BCUT2D eigenvalue weighted by Crippen LogP contribution is 2.13. The molecule has 6 heteroatoms. The Balaban J connectivity index is 2.43. The number of nitrogens with one attached hydrogen (secondary N) is 1. The van der Waals surface area contributed by atoms with Crippen molar-refractivity contribution < 1.29 is 19.4 Å². The van der Waals surface area contributed by atoms with E-state index in [2.05, 4.69) is 5.32 Å². The van der Waals surface area contributed by atoms with Crippen LogP contribution >= 0.6 is 11.8 Å². The summed E-state index contributed by atoms with van der Waals surface area (Å²) < 4.78 is 5.01. The highest BCUT2D eigenvalue weighted by atomic mass is 32.2. The molecule has 1 aliphatic heterocycles. The second-order valence-corrected chi connectivity index (χ2v) is 3.96. The fourth-order valence-electron chi connectivity index (χ4n) is 1.32. The van der Waals surface area contributed by atoms with Crippen molar-refractivity contribution in [1.29, 1.82) is 0 Å². The smallest absolute Gasteiger partial charge is 0.311 e. The maximum absolute atomic E-state index is 11.2. The number of amides is 1. The standard InChI is InChI=1S/C8H13NO4S/c1-14-4-7(10)9-6-3-13-2-5(6)8(11)12/h5-6H,2-4H2,1H3,(H,9,10)(H,11,12). The van der Waals surface area contributed by atoms with Gasteiger partial charge in [-0.2, -0.15) is 11.8 Å². The van der Waals surface area contributed by atoms with Gasteiger partial charge in [0.25, 0.3) is 0 Å². The zero-order valence-electron chi connectivity index (χ0n) is 7.86. The largest absolute Gasteiger partial charge is 0.481 e. The molecule has 1 aliphatic rings. The number of hydrogen-bond donors (Lipinski definition) is 2. The lowest BCUT2D eigenvalue weighted by Gasteiger charge is -2.14. The molecule has 0 spiro atoms. The van der Waals surface area contributed by atoms with Gasteiger partial charge in [0.2, 0.25) is 5.91 Å². The van der Waals surface area contributed by atoms with Crippen LogP contribution < -0.4 is 5.32 Å². The SMILES string of the molecule is CSCC(=O)NC1COCC1C(=O)O. The molecule has 0 aromatic rings. The minimum absolute atomic E-state index is 0.140. The fraction of sp³-hybridized carbons (Fsp3) is 0.750. The van der Waals surface area contributed by atoms with Crippen molar-refractivity contribution in [2.45, 2.75) is 6.04 Å². The third-order valence-electron chi connectivity index (χ3n) is 2.02. The van der Waals surface area contributed by atoms with Crippen LogP contribution in [0.3, 0.4) is 0 Å². The predicted molar refractivity (Wildman–Crippen MR) is 52.3 cm³/mol. The fourth-order valence-corrected chi connectivity index (χ4v) is 1.67. The van der Waals surface area contributed by atoms with E-state index < -0.39 is 11.9 Å². The number of hydrogen-bond acceptors (Lipinski definition) is 4. The Labute approximate surface area is 86.2 Å². The highest BCUT2D eigenvalue weighted by molar-refractivity contribution is 7.99. The van der Waals surface area contributed by atoms with Crippen LogP contribution in [0.1, 0.15) is 0 Å². The first kappa shape index (κ1) is 11.3. The van der Waals surface area contributed by atoms with Crippen LogP contribution in [0, 0.1) is 5.92 Å². The zero-order valence-corrected chi connectivity index (χ0v) is 8.67. The topological polar surface area (TPSA) is 75.6 Å². The first-order valence-corrected chi connectivity index (χ1v) is 5.63. The van der Waals surface area contributed by atoms with E-state index in [1.165, 1.54) is 11.8 Å². The summed E-state index contributed by atoms with van der Waals surface area (Å²) in [6.07, 6.45) is 1.82. The number of carbonyl (C=O) groups is 2. The molecule has 0 aliphatic carbocycles. The third kappa shape index (κ3) is 2.88. The number of carboxylic acids is 1. The quantitative estimate of drug-likeness (QED) is 0.670. The molecule has 1 rings (SSSR count). The van der Waals surface area contributed by atoms with E-state index in [9.17, 15) is 9.59 Å². The van der Waals surface area contributed by atoms with Crippen molar-refractivity contribution in [3.63, 3.8) is 0 Å². The molecule has 80 valence electrons. The maximum Gasteiger partial charge on any atom is 0.311 e. The van der Waals surface area contributed by atoms with Gasteiger partial charge in [0, 0.05) is 0 Å². The van der Waals surface area contributed by atoms with E-state index in [-0.39, 0.29) is 25.2 Å². The Morgan fingerprint density at radius 3 is 2.86 bits per heavy atom. The van der Waals surface area contributed by atoms with Crippen molar-refractivity contribution in [2.24, 2.45) is 5.92 Å². The van der Waals surface area contributed by atoms with Crippen molar-refractivity contribution in [3.05, 3.63) is 0 Å². The lowest BCUT2D eigenvalue weighted by molar-refractivity contribution is -0.142.